The lowest BCUT2D eigenvalue weighted by atomic mass is 10.1. The predicted molar refractivity (Wildman–Crippen MR) is 99.3 cm³/mol. The van der Waals surface area contributed by atoms with Crippen molar-refractivity contribution >= 4 is 39.9 Å². The number of para-hydroxylation sites is 1. The van der Waals surface area contributed by atoms with E-state index in [2.05, 4.69) is 60.0 Å². The van der Waals surface area contributed by atoms with Crippen molar-refractivity contribution in [3.8, 4) is 0 Å². The Labute approximate surface area is 140 Å². The molecule has 2 rings (SSSR count). The summed E-state index contributed by atoms with van der Waals surface area (Å²) in [5.74, 6) is 0.398. The maximum absolute atomic E-state index is 8.36. The molecule has 0 aliphatic carbocycles. The van der Waals surface area contributed by atoms with Gasteiger partial charge in [-0.15, -0.1) is 0 Å². The lowest BCUT2D eigenvalue weighted by Crippen LogP contribution is -2.36. The summed E-state index contributed by atoms with van der Waals surface area (Å²) >= 11 is 2.31. The third kappa shape index (κ3) is 3.97. The highest BCUT2D eigenvalue weighted by atomic mass is 127. The molecular formula is C17H20IN3. The van der Waals surface area contributed by atoms with Crippen molar-refractivity contribution in [3.05, 3.63) is 57.7 Å². The zero-order chi connectivity index (χ0) is 15.2. The fourth-order valence-corrected chi connectivity index (χ4v) is 2.87. The fourth-order valence-electron chi connectivity index (χ4n) is 2.19. The zero-order valence-corrected chi connectivity index (χ0v) is 14.5. The van der Waals surface area contributed by atoms with Crippen LogP contribution in [0.2, 0.25) is 0 Å². The second-order valence-corrected chi connectivity index (χ2v) is 5.89. The van der Waals surface area contributed by atoms with E-state index in [4.69, 9.17) is 5.41 Å². The summed E-state index contributed by atoms with van der Waals surface area (Å²) in [6.45, 7) is 4.94. The highest BCUT2D eigenvalue weighted by Crippen LogP contribution is 2.22. The number of halogens is 1. The summed E-state index contributed by atoms with van der Waals surface area (Å²) in [5, 5.41) is 11.6. The van der Waals surface area contributed by atoms with Gasteiger partial charge in [-0.05, 0) is 65.8 Å². The molecule has 0 atom stereocenters. The summed E-state index contributed by atoms with van der Waals surface area (Å²) in [7, 11) is 0. The van der Waals surface area contributed by atoms with Gasteiger partial charge in [0.15, 0.2) is 5.96 Å². The largest absolute Gasteiger partial charge is 0.326 e. The Hall–Kier alpha value is -1.56. The summed E-state index contributed by atoms with van der Waals surface area (Å²) in [6, 6.07) is 16.3. The Morgan fingerprint density at radius 3 is 2.57 bits per heavy atom. The Morgan fingerprint density at radius 2 is 1.90 bits per heavy atom. The van der Waals surface area contributed by atoms with Gasteiger partial charge in [-0.2, -0.15) is 0 Å². The summed E-state index contributed by atoms with van der Waals surface area (Å²) in [6.07, 6.45) is 0.997. The van der Waals surface area contributed by atoms with Crippen molar-refractivity contribution in [2.75, 3.05) is 16.8 Å². The summed E-state index contributed by atoms with van der Waals surface area (Å²) in [5.41, 5.74) is 3.29. The van der Waals surface area contributed by atoms with E-state index in [1.807, 2.05) is 35.2 Å². The zero-order valence-electron chi connectivity index (χ0n) is 12.4. The quantitative estimate of drug-likeness (QED) is 0.448. The van der Waals surface area contributed by atoms with E-state index in [0.29, 0.717) is 5.96 Å². The van der Waals surface area contributed by atoms with E-state index in [-0.39, 0.29) is 0 Å². The lowest BCUT2D eigenvalue weighted by molar-refractivity contribution is 1.04. The molecule has 0 bridgehead atoms. The minimum Gasteiger partial charge on any atom is -0.326 e. The maximum atomic E-state index is 8.36. The number of nitrogens with zero attached hydrogens (tertiary/aromatic N) is 1. The van der Waals surface area contributed by atoms with E-state index in [1.165, 1.54) is 5.56 Å². The molecule has 4 heteroatoms. The first kappa shape index (κ1) is 15.8. The number of hydrogen-bond donors (Lipinski definition) is 2. The Kier molecular flexibility index (Phi) is 5.61. The molecule has 0 fully saturated rings. The van der Waals surface area contributed by atoms with Crippen LogP contribution in [0.5, 0.6) is 0 Å². The summed E-state index contributed by atoms with van der Waals surface area (Å²) < 4.78 is 1.14. The van der Waals surface area contributed by atoms with Crippen LogP contribution >= 0.6 is 22.6 Å². The van der Waals surface area contributed by atoms with Gasteiger partial charge >= 0.3 is 0 Å². The first-order valence-electron chi connectivity index (χ1n) is 7.12. The predicted octanol–water partition coefficient (Wildman–Crippen LogP) is 4.73. The number of anilines is 2. The number of aryl methyl sites for hydroxylation is 1. The molecule has 0 unspecified atom stereocenters. The normalized spacial score (nSPS) is 10.2. The molecule has 0 aliphatic heterocycles. The molecule has 0 heterocycles. The van der Waals surface area contributed by atoms with Gasteiger partial charge < -0.3 is 10.2 Å². The molecule has 2 aromatic rings. The fraction of sp³-hybridized carbons (Fsp3) is 0.235. The molecule has 110 valence electrons. The molecule has 21 heavy (non-hydrogen) atoms. The molecule has 0 radical (unpaired) electrons. The van der Waals surface area contributed by atoms with Crippen LogP contribution in [0.1, 0.15) is 19.4 Å². The van der Waals surface area contributed by atoms with Crippen LogP contribution in [0.4, 0.5) is 11.4 Å². The molecule has 0 amide bonds. The van der Waals surface area contributed by atoms with Crippen molar-refractivity contribution in [2.45, 2.75) is 20.3 Å². The van der Waals surface area contributed by atoms with Gasteiger partial charge in [0.1, 0.15) is 0 Å². The van der Waals surface area contributed by atoms with Crippen LogP contribution < -0.4 is 10.2 Å². The topological polar surface area (TPSA) is 39.1 Å². The highest BCUT2D eigenvalue weighted by molar-refractivity contribution is 14.1. The minimum absolute atomic E-state index is 0.398. The monoisotopic (exact) mass is 393 g/mol. The Balaban J connectivity index is 2.19. The van der Waals surface area contributed by atoms with Crippen molar-refractivity contribution in [2.24, 2.45) is 0 Å². The van der Waals surface area contributed by atoms with Gasteiger partial charge in [0, 0.05) is 15.8 Å². The molecular weight excluding hydrogens is 373 g/mol. The van der Waals surface area contributed by atoms with E-state index < -0.39 is 0 Å². The van der Waals surface area contributed by atoms with Crippen molar-refractivity contribution in [1.29, 1.82) is 5.41 Å². The molecule has 2 aromatic carbocycles. The van der Waals surface area contributed by atoms with Gasteiger partial charge in [-0.1, -0.05) is 31.2 Å². The van der Waals surface area contributed by atoms with E-state index in [0.717, 1.165) is 27.9 Å². The van der Waals surface area contributed by atoms with Crippen LogP contribution in [-0.2, 0) is 6.42 Å². The molecule has 0 aliphatic rings. The van der Waals surface area contributed by atoms with Gasteiger partial charge in [-0.3, -0.25) is 5.41 Å². The Morgan fingerprint density at radius 1 is 1.14 bits per heavy atom. The van der Waals surface area contributed by atoms with Crippen LogP contribution in [0.3, 0.4) is 0 Å². The first-order valence-corrected chi connectivity index (χ1v) is 8.20. The smallest absolute Gasteiger partial charge is 0.200 e. The number of rotatable bonds is 4. The second-order valence-electron chi connectivity index (χ2n) is 4.72. The Bertz CT molecular complexity index is 625. The molecule has 0 aromatic heterocycles. The molecule has 0 saturated heterocycles. The van der Waals surface area contributed by atoms with Crippen molar-refractivity contribution in [1.82, 2.24) is 0 Å². The lowest BCUT2D eigenvalue weighted by Gasteiger charge is -2.25. The third-order valence-corrected chi connectivity index (χ3v) is 4.24. The number of nitrogens with one attached hydrogen (secondary N) is 2. The second kappa shape index (κ2) is 7.45. The average Bonchev–Trinajstić information content (AvgIpc) is 2.50. The number of benzene rings is 2. The van der Waals surface area contributed by atoms with E-state index in [1.54, 1.807) is 0 Å². The molecule has 3 nitrogen and oxygen atoms in total. The standard InChI is InChI=1S/C17H20IN3/c1-3-13-8-7-9-14(12-13)20-17(19)21(4-2)16-11-6-5-10-15(16)18/h5-12H,3-4H2,1-2H3,(H2,19,20). The average molecular weight is 393 g/mol. The number of hydrogen-bond acceptors (Lipinski definition) is 1. The van der Waals surface area contributed by atoms with Crippen LogP contribution in [-0.4, -0.2) is 12.5 Å². The SMILES string of the molecule is CCc1cccc(NC(=N)N(CC)c2ccccc2I)c1. The number of guanidine groups is 1. The van der Waals surface area contributed by atoms with Crippen molar-refractivity contribution < 1.29 is 0 Å². The third-order valence-electron chi connectivity index (χ3n) is 3.33. The molecule has 0 saturated carbocycles. The van der Waals surface area contributed by atoms with Gasteiger partial charge in [0.2, 0.25) is 0 Å². The van der Waals surface area contributed by atoms with Crippen LogP contribution in [0.25, 0.3) is 0 Å². The van der Waals surface area contributed by atoms with E-state index in [9.17, 15) is 0 Å². The van der Waals surface area contributed by atoms with Gasteiger partial charge in [0.05, 0.1) is 5.69 Å². The highest BCUT2D eigenvalue weighted by Gasteiger charge is 2.13. The molecule has 0 spiro atoms. The van der Waals surface area contributed by atoms with Crippen LogP contribution in [0.15, 0.2) is 48.5 Å². The maximum Gasteiger partial charge on any atom is 0.200 e. The van der Waals surface area contributed by atoms with Gasteiger partial charge in [0.25, 0.3) is 0 Å². The van der Waals surface area contributed by atoms with E-state index >= 15 is 0 Å². The summed E-state index contributed by atoms with van der Waals surface area (Å²) in [4.78, 5) is 1.97. The molecule has 2 N–H and O–H groups in total. The minimum atomic E-state index is 0.398. The van der Waals surface area contributed by atoms with Crippen molar-refractivity contribution in [3.63, 3.8) is 0 Å². The van der Waals surface area contributed by atoms with Crippen LogP contribution in [0, 0.1) is 8.98 Å². The van der Waals surface area contributed by atoms with Gasteiger partial charge in [-0.25, -0.2) is 0 Å². The first-order chi connectivity index (χ1) is 10.2.